The second-order valence-corrected chi connectivity index (χ2v) is 13.4. The highest BCUT2D eigenvalue weighted by Crippen LogP contribution is 2.51. The van der Waals surface area contributed by atoms with E-state index in [4.69, 9.17) is 21.1 Å². The van der Waals surface area contributed by atoms with Crippen molar-refractivity contribution in [2.45, 2.75) is 50.4 Å². The van der Waals surface area contributed by atoms with Crippen LogP contribution in [0.15, 0.2) is 12.1 Å². The van der Waals surface area contributed by atoms with Gasteiger partial charge in [-0.2, -0.15) is 15.2 Å². The van der Waals surface area contributed by atoms with Crippen LogP contribution in [-0.2, 0) is 0 Å². The van der Waals surface area contributed by atoms with Crippen molar-refractivity contribution in [3.05, 3.63) is 34.4 Å². The molecule has 7 rings (SSSR count). The number of thiophene rings is 1. The average Bonchev–Trinajstić information content (AvgIpc) is 3.67. The Morgan fingerprint density at radius 1 is 1.35 bits per heavy atom. The zero-order valence-electron chi connectivity index (χ0n) is 24.8. The first-order valence-electron chi connectivity index (χ1n) is 14.8. The summed E-state index contributed by atoms with van der Waals surface area (Å²) >= 11 is 7.65. The summed E-state index contributed by atoms with van der Waals surface area (Å²) in [4.78, 5) is 24.6. The maximum absolute atomic E-state index is 17.0. The maximum Gasteiger partial charge on any atom is 0.409 e. The van der Waals surface area contributed by atoms with Gasteiger partial charge in [-0.05, 0) is 37.9 Å². The first kappa shape index (κ1) is 30.6. The topological polar surface area (TPSA) is 124 Å². The number of ether oxygens (including phenoxy) is 2. The minimum absolute atomic E-state index is 0.00614. The van der Waals surface area contributed by atoms with Crippen LogP contribution in [0.3, 0.4) is 0 Å². The number of alkyl halides is 1. The van der Waals surface area contributed by atoms with E-state index in [1.165, 1.54) is 6.07 Å². The number of rotatable bonds is 5. The molecule has 3 atom stereocenters. The van der Waals surface area contributed by atoms with Crippen LogP contribution in [0.2, 0.25) is 5.02 Å². The average molecular weight is 673 g/mol. The Balaban J connectivity index is 1.45. The number of carbonyl (C=O) groups is 1. The summed E-state index contributed by atoms with van der Waals surface area (Å²) in [6.07, 6.45) is 0.180. The molecule has 1 amide bonds. The lowest BCUT2D eigenvalue weighted by atomic mass is 9.95. The lowest BCUT2D eigenvalue weighted by Crippen LogP contribution is -2.43. The first-order chi connectivity index (χ1) is 22.0. The fourth-order valence-corrected chi connectivity index (χ4v) is 8.39. The Bertz CT molecular complexity index is 1970. The van der Waals surface area contributed by atoms with Crippen LogP contribution in [0, 0.1) is 23.0 Å². The molecule has 240 valence electrons. The van der Waals surface area contributed by atoms with Crippen molar-refractivity contribution in [1.82, 2.24) is 14.9 Å². The van der Waals surface area contributed by atoms with Gasteiger partial charge in [-0.25, -0.2) is 18.0 Å². The molecule has 3 aliphatic rings. The van der Waals surface area contributed by atoms with Gasteiger partial charge in [0.15, 0.2) is 11.6 Å². The quantitative estimate of drug-likeness (QED) is 0.231. The summed E-state index contributed by atoms with van der Waals surface area (Å²) < 4.78 is 58.8. The molecule has 10 nitrogen and oxygen atoms in total. The molecule has 46 heavy (non-hydrogen) atoms. The van der Waals surface area contributed by atoms with Crippen LogP contribution in [0.25, 0.3) is 32.1 Å². The highest BCUT2D eigenvalue weighted by Gasteiger charge is 2.49. The van der Waals surface area contributed by atoms with Crippen LogP contribution >= 0.6 is 22.9 Å². The SMILES string of the molecule is C[C@@H]1CCOc2c(Cl)c(-c3ccc(F)c4sc(NC(=O)O)c(C#N)c34)c(F)c3nc(OC[C@@]45CCCN4C[C@H](F)C5)nc(c23)N1C. The van der Waals surface area contributed by atoms with Gasteiger partial charge < -0.3 is 19.5 Å². The Morgan fingerprint density at radius 2 is 2.15 bits per heavy atom. The van der Waals surface area contributed by atoms with Crippen molar-refractivity contribution in [2.75, 3.05) is 43.6 Å². The number of halogens is 4. The smallest absolute Gasteiger partial charge is 0.409 e. The molecular weight excluding hydrogens is 645 g/mol. The summed E-state index contributed by atoms with van der Waals surface area (Å²) in [5.74, 6) is -1.17. The van der Waals surface area contributed by atoms with E-state index in [0.717, 1.165) is 25.5 Å². The lowest BCUT2D eigenvalue weighted by Gasteiger charge is -2.32. The lowest BCUT2D eigenvalue weighted by molar-refractivity contribution is 0.107. The maximum atomic E-state index is 17.0. The van der Waals surface area contributed by atoms with E-state index in [-0.39, 0.29) is 78.7 Å². The molecule has 0 aliphatic carbocycles. The van der Waals surface area contributed by atoms with Crippen LogP contribution < -0.4 is 19.7 Å². The number of benzene rings is 2. The van der Waals surface area contributed by atoms with Gasteiger partial charge in [-0.15, -0.1) is 11.3 Å². The van der Waals surface area contributed by atoms with E-state index < -0.39 is 29.4 Å². The normalized spacial score (nSPS) is 22.8. The Morgan fingerprint density at radius 3 is 2.91 bits per heavy atom. The second-order valence-electron chi connectivity index (χ2n) is 12.0. The second kappa shape index (κ2) is 11.3. The minimum atomic E-state index is -1.44. The van der Waals surface area contributed by atoms with Crippen LogP contribution in [-0.4, -0.2) is 77.2 Å². The highest BCUT2D eigenvalue weighted by atomic mass is 35.5. The molecular formula is C31H28ClF3N6O4S. The minimum Gasteiger partial charge on any atom is -0.491 e. The molecule has 5 heterocycles. The van der Waals surface area contributed by atoms with Crippen molar-refractivity contribution in [2.24, 2.45) is 0 Å². The van der Waals surface area contributed by atoms with Crippen LogP contribution in [0.4, 0.5) is 28.8 Å². The fraction of sp³-hybridized carbons (Fsp3) is 0.419. The molecule has 2 N–H and O–H groups in total. The zero-order chi connectivity index (χ0) is 32.5. The number of aromatic nitrogens is 2. The number of nitriles is 1. The monoisotopic (exact) mass is 672 g/mol. The molecule has 0 bridgehead atoms. The molecule has 2 fully saturated rings. The predicted octanol–water partition coefficient (Wildman–Crippen LogP) is 6.97. The third-order valence-corrected chi connectivity index (χ3v) is 10.8. The predicted molar refractivity (Wildman–Crippen MR) is 168 cm³/mol. The molecule has 0 unspecified atom stereocenters. The van der Waals surface area contributed by atoms with Gasteiger partial charge in [0, 0.05) is 43.4 Å². The number of carboxylic acid groups (broad SMARTS) is 1. The van der Waals surface area contributed by atoms with Gasteiger partial charge in [0.05, 0.1) is 32.8 Å². The molecule has 2 aromatic carbocycles. The number of fused-ring (bicyclic) bond motifs is 2. The summed E-state index contributed by atoms with van der Waals surface area (Å²) in [6.45, 7) is 3.45. The summed E-state index contributed by atoms with van der Waals surface area (Å²) in [5, 5.41) is 21.4. The van der Waals surface area contributed by atoms with E-state index >= 15 is 8.78 Å². The fourth-order valence-electron chi connectivity index (χ4n) is 6.98. The van der Waals surface area contributed by atoms with Crippen molar-refractivity contribution in [3.8, 4) is 29.0 Å². The molecule has 15 heteroatoms. The molecule has 4 aromatic rings. The van der Waals surface area contributed by atoms with E-state index in [2.05, 4.69) is 20.2 Å². The van der Waals surface area contributed by atoms with E-state index in [0.29, 0.717) is 36.5 Å². The number of nitrogens with one attached hydrogen (secondary N) is 1. The van der Waals surface area contributed by atoms with Crippen molar-refractivity contribution < 1.29 is 32.5 Å². The van der Waals surface area contributed by atoms with Crippen molar-refractivity contribution in [3.63, 3.8) is 0 Å². The summed E-state index contributed by atoms with van der Waals surface area (Å²) in [7, 11) is 1.82. The van der Waals surface area contributed by atoms with Gasteiger partial charge in [0.1, 0.15) is 41.0 Å². The summed E-state index contributed by atoms with van der Waals surface area (Å²) in [5.41, 5.74) is -0.983. The number of nitrogens with zero attached hydrogens (tertiary/aromatic N) is 5. The molecule has 2 saturated heterocycles. The Labute approximate surface area is 270 Å². The molecule has 0 saturated carbocycles. The van der Waals surface area contributed by atoms with E-state index in [1.807, 2.05) is 24.9 Å². The number of anilines is 2. The van der Waals surface area contributed by atoms with E-state index in [1.54, 1.807) is 0 Å². The van der Waals surface area contributed by atoms with Gasteiger partial charge in [-0.3, -0.25) is 10.2 Å². The first-order valence-corrected chi connectivity index (χ1v) is 16.0. The molecule has 0 radical (unpaired) electrons. The third kappa shape index (κ3) is 4.75. The standard InChI is InChI=1S/C31H28ClF3N6O4S/c1-14-6-9-44-25-21-24(37-29(38-27(21)40(14)2)45-13-31-7-3-8-41(31)12-15(33)10-31)23(35)20(22(25)32)16-4-5-18(34)26-19(16)17(11-36)28(46-26)39-30(42)43/h4-5,14-15,39H,3,6-10,12-13H2,1-2H3,(H,42,43)/t14-,15-,31+/m1/s1. The van der Waals surface area contributed by atoms with Crippen molar-refractivity contribution in [1.29, 1.82) is 5.26 Å². The van der Waals surface area contributed by atoms with Crippen LogP contribution in [0.5, 0.6) is 11.8 Å². The Hall–Kier alpha value is -4.06. The Kier molecular flexibility index (Phi) is 7.53. The highest BCUT2D eigenvalue weighted by molar-refractivity contribution is 7.23. The number of amides is 1. The molecule has 3 aliphatic heterocycles. The largest absolute Gasteiger partial charge is 0.491 e. The number of hydrogen-bond donors (Lipinski definition) is 2. The third-order valence-electron chi connectivity index (χ3n) is 9.34. The molecule has 2 aromatic heterocycles. The number of hydrogen-bond acceptors (Lipinski definition) is 9. The molecule has 0 spiro atoms. The van der Waals surface area contributed by atoms with Crippen LogP contribution in [0.1, 0.15) is 38.2 Å². The van der Waals surface area contributed by atoms with Gasteiger partial charge in [-0.1, -0.05) is 17.7 Å². The van der Waals surface area contributed by atoms with E-state index in [9.17, 15) is 19.6 Å². The van der Waals surface area contributed by atoms with Crippen molar-refractivity contribution >= 4 is 60.8 Å². The van der Waals surface area contributed by atoms with Gasteiger partial charge >= 0.3 is 12.1 Å². The zero-order valence-corrected chi connectivity index (χ0v) is 26.4. The van der Waals surface area contributed by atoms with Gasteiger partial charge in [0.25, 0.3) is 0 Å². The van der Waals surface area contributed by atoms with Gasteiger partial charge in [0.2, 0.25) is 0 Å². The summed E-state index contributed by atoms with van der Waals surface area (Å²) in [6, 6.07) is 4.15.